The van der Waals surface area contributed by atoms with Crippen LogP contribution in [-0.4, -0.2) is 32.4 Å². The van der Waals surface area contributed by atoms with Crippen molar-refractivity contribution < 1.29 is 4.79 Å². The zero-order valence-electron chi connectivity index (χ0n) is 15.3. The predicted octanol–water partition coefficient (Wildman–Crippen LogP) is 4.00. The number of pyridine rings is 1. The monoisotopic (exact) mass is 356 g/mol. The molecule has 0 N–H and O–H groups in total. The van der Waals surface area contributed by atoms with Gasteiger partial charge in [-0.25, -0.2) is 4.98 Å². The van der Waals surface area contributed by atoms with Gasteiger partial charge in [0, 0.05) is 24.5 Å². The first-order chi connectivity index (χ1) is 13.1. The third-order valence-corrected chi connectivity index (χ3v) is 4.56. The molecule has 0 spiro atoms. The SMILES string of the molecule is Cc1nc2cc(C(=O)N(C)Cc3ccccn3)ccc2n1-c1ccccc1. The minimum Gasteiger partial charge on any atom is -0.336 e. The topological polar surface area (TPSA) is 51.0 Å². The molecule has 0 aliphatic heterocycles. The van der Waals surface area contributed by atoms with Crippen LogP contribution in [0.2, 0.25) is 0 Å². The number of nitrogens with zero attached hydrogens (tertiary/aromatic N) is 4. The maximum absolute atomic E-state index is 12.8. The van der Waals surface area contributed by atoms with Gasteiger partial charge in [-0.1, -0.05) is 24.3 Å². The zero-order valence-corrected chi connectivity index (χ0v) is 15.3. The van der Waals surface area contributed by atoms with E-state index in [0.29, 0.717) is 12.1 Å². The molecular formula is C22H20N4O. The second-order valence-corrected chi connectivity index (χ2v) is 6.52. The van der Waals surface area contributed by atoms with E-state index in [9.17, 15) is 4.79 Å². The lowest BCUT2D eigenvalue weighted by molar-refractivity contribution is 0.0783. The van der Waals surface area contributed by atoms with Crippen LogP contribution in [0.4, 0.5) is 0 Å². The first-order valence-electron chi connectivity index (χ1n) is 8.83. The lowest BCUT2D eigenvalue weighted by Crippen LogP contribution is -2.26. The van der Waals surface area contributed by atoms with Gasteiger partial charge in [0.25, 0.3) is 5.91 Å². The summed E-state index contributed by atoms with van der Waals surface area (Å²) in [6.45, 7) is 2.44. The third kappa shape index (κ3) is 3.31. The van der Waals surface area contributed by atoms with Crippen molar-refractivity contribution in [2.75, 3.05) is 7.05 Å². The average Bonchev–Trinajstić information content (AvgIpc) is 3.03. The van der Waals surface area contributed by atoms with E-state index in [1.165, 1.54) is 0 Å². The number of rotatable bonds is 4. The standard InChI is InChI=1S/C22H20N4O/c1-16-24-20-14-17(22(27)25(2)15-18-8-6-7-13-23-18)11-12-21(20)26(16)19-9-4-3-5-10-19/h3-14H,15H2,1-2H3. The van der Waals surface area contributed by atoms with E-state index in [1.54, 1.807) is 18.1 Å². The summed E-state index contributed by atoms with van der Waals surface area (Å²) in [4.78, 5) is 23.4. The van der Waals surface area contributed by atoms with Gasteiger partial charge >= 0.3 is 0 Å². The van der Waals surface area contributed by atoms with E-state index in [-0.39, 0.29) is 5.91 Å². The van der Waals surface area contributed by atoms with Crippen molar-refractivity contribution in [1.29, 1.82) is 0 Å². The number of fused-ring (bicyclic) bond motifs is 1. The number of para-hydroxylation sites is 1. The van der Waals surface area contributed by atoms with Gasteiger partial charge in [0.2, 0.25) is 0 Å². The van der Waals surface area contributed by atoms with E-state index in [4.69, 9.17) is 0 Å². The molecule has 4 aromatic rings. The number of carbonyl (C=O) groups excluding carboxylic acids is 1. The van der Waals surface area contributed by atoms with Gasteiger partial charge in [-0.2, -0.15) is 0 Å². The van der Waals surface area contributed by atoms with E-state index in [2.05, 4.69) is 14.5 Å². The fourth-order valence-electron chi connectivity index (χ4n) is 3.26. The molecule has 0 radical (unpaired) electrons. The van der Waals surface area contributed by atoms with Crippen molar-refractivity contribution in [3.8, 4) is 5.69 Å². The molecule has 0 saturated heterocycles. The molecule has 2 aromatic carbocycles. The fourth-order valence-corrected chi connectivity index (χ4v) is 3.26. The van der Waals surface area contributed by atoms with Gasteiger partial charge in [0.15, 0.2) is 0 Å². The van der Waals surface area contributed by atoms with Gasteiger partial charge in [-0.3, -0.25) is 14.3 Å². The predicted molar refractivity (Wildman–Crippen MR) is 106 cm³/mol. The van der Waals surface area contributed by atoms with E-state index in [0.717, 1.165) is 28.2 Å². The van der Waals surface area contributed by atoms with Crippen LogP contribution in [0.15, 0.2) is 72.9 Å². The Labute approximate surface area is 157 Å². The summed E-state index contributed by atoms with van der Waals surface area (Å²) >= 11 is 0. The summed E-state index contributed by atoms with van der Waals surface area (Å²) in [5, 5.41) is 0. The zero-order chi connectivity index (χ0) is 18.8. The summed E-state index contributed by atoms with van der Waals surface area (Å²) in [6, 6.07) is 21.5. The molecule has 0 bridgehead atoms. The van der Waals surface area contributed by atoms with Crippen LogP contribution in [-0.2, 0) is 6.54 Å². The van der Waals surface area contributed by atoms with Gasteiger partial charge < -0.3 is 4.90 Å². The molecule has 27 heavy (non-hydrogen) atoms. The lowest BCUT2D eigenvalue weighted by atomic mass is 10.1. The molecule has 4 rings (SSSR count). The Morgan fingerprint density at radius 2 is 1.81 bits per heavy atom. The highest BCUT2D eigenvalue weighted by atomic mass is 16.2. The molecule has 5 heteroatoms. The number of hydrogen-bond acceptors (Lipinski definition) is 3. The van der Waals surface area contributed by atoms with Crippen LogP contribution in [0.25, 0.3) is 16.7 Å². The minimum absolute atomic E-state index is 0.0468. The van der Waals surface area contributed by atoms with Crippen molar-refractivity contribution in [3.05, 3.63) is 90.0 Å². The van der Waals surface area contributed by atoms with E-state index >= 15 is 0 Å². The molecule has 2 aromatic heterocycles. The third-order valence-electron chi connectivity index (χ3n) is 4.56. The Hall–Kier alpha value is -3.47. The number of carbonyl (C=O) groups is 1. The van der Waals surface area contributed by atoms with Crippen molar-refractivity contribution in [3.63, 3.8) is 0 Å². The largest absolute Gasteiger partial charge is 0.336 e. The molecule has 134 valence electrons. The van der Waals surface area contributed by atoms with Crippen molar-refractivity contribution in [1.82, 2.24) is 19.4 Å². The average molecular weight is 356 g/mol. The molecule has 0 aliphatic carbocycles. The van der Waals surface area contributed by atoms with Gasteiger partial charge in [0.1, 0.15) is 5.82 Å². The maximum Gasteiger partial charge on any atom is 0.254 e. The quantitative estimate of drug-likeness (QED) is 0.555. The minimum atomic E-state index is -0.0468. The molecule has 0 saturated carbocycles. The Balaban J connectivity index is 1.65. The highest BCUT2D eigenvalue weighted by molar-refractivity contribution is 5.97. The normalized spacial score (nSPS) is 10.9. The second kappa shape index (κ2) is 7.03. The second-order valence-electron chi connectivity index (χ2n) is 6.52. The summed E-state index contributed by atoms with van der Waals surface area (Å²) in [5.74, 6) is 0.845. The van der Waals surface area contributed by atoms with E-state index in [1.807, 2.05) is 73.7 Å². The van der Waals surface area contributed by atoms with Crippen LogP contribution in [0.5, 0.6) is 0 Å². The molecule has 0 fully saturated rings. The van der Waals surface area contributed by atoms with Crippen molar-refractivity contribution in [2.24, 2.45) is 0 Å². The maximum atomic E-state index is 12.8. The first-order valence-corrected chi connectivity index (χ1v) is 8.83. The number of hydrogen-bond donors (Lipinski definition) is 0. The highest BCUT2D eigenvalue weighted by Gasteiger charge is 2.16. The van der Waals surface area contributed by atoms with E-state index < -0.39 is 0 Å². The first kappa shape index (κ1) is 17.0. The Morgan fingerprint density at radius 1 is 1.04 bits per heavy atom. The summed E-state index contributed by atoms with van der Waals surface area (Å²) in [7, 11) is 1.79. The van der Waals surface area contributed by atoms with Crippen molar-refractivity contribution >= 4 is 16.9 Å². The van der Waals surface area contributed by atoms with Crippen LogP contribution in [0.1, 0.15) is 21.9 Å². The van der Waals surface area contributed by atoms with Gasteiger partial charge in [-0.15, -0.1) is 0 Å². The van der Waals surface area contributed by atoms with Crippen LogP contribution < -0.4 is 0 Å². The number of benzene rings is 2. The molecule has 5 nitrogen and oxygen atoms in total. The number of imidazole rings is 1. The Bertz CT molecular complexity index is 1090. The molecule has 0 atom stereocenters. The smallest absolute Gasteiger partial charge is 0.254 e. The Morgan fingerprint density at radius 3 is 2.56 bits per heavy atom. The number of aromatic nitrogens is 3. The van der Waals surface area contributed by atoms with Crippen molar-refractivity contribution in [2.45, 2.75) is 13.5 Å². The molecular weight excluding hydrogens is 336 g/mol. The molecule has 1 amide bonds. The highest BCUT2D eigenvalue weighted by Crippen LogP contribution is 2.23. The van der Waals surface area contributed by atoms with Crippen LogP contribution >= 0.6 is 0 Å². The van der Waals surface area contributed by atoms with Gasteiger partial charge in [0.05, 0.1) is 23.3 Å². The van der Waals surface area contributed by atoms with Crippen LogP contribution in [0, 0.1) is 6.92 Å². The summed E-state index contributed by atoms with van der Waals surface area (Å²) in [6.07, 6.45) is 1.73. The van der Waals surface area contributed by atoms with Crippen LogP contribution in [0.3, 0.4) is 0 Å². The fraction of sp³-hybridized carbons (Fsp3) is 0.136. The summed E-state index contributed by atoms with van der Waals surface area (Å²) < 4.78 is 2.10. The molecule has 2 heterocycles. The summed E-state index contributed by atoms with van der Waals surface area (Å²) in [5.41, 5.74) is 4.34. The van der Waals surface area contributed by atoms with Gasteiger partial charge in [-0.05, 0) is 49.4 Å². The molecule has 0 aliphatic rings. The Kier molecular flexibility index (Phi) is 4.42. The molecule has 0 unspecified atom stereocenters. The number of aryl methyl sites for hydroxylation is 1. The number of amides is 1. The lowest BCUT2D eigenvalue weighted by Gasteiger charge is -2.16.